The second kappa shape index (κ2) is 8.77. The van der Waals surface area contributed by atoms with E-state index in [0.717, 1.165) is 17.2 Å². The monoisotopic (exact) mass is 390 g/mol. The van der Waals surface area contributed by atoms with Gasteiger partial charge in [-0.15, -0.1) is 0 Å². The Hall–Kier alpha value is -3.03. The molecule has 0 bridgehead atoms. The van der Waals surface area contributed by atoms with Crippen molar-refractivity contribution in [2.45, 2.75) is 39.3 Å². The third-order valence-corrected chi connectivity index (χ3v) is 4.06. The fourth-order valence-corrected chi connectivity index (χ4v) is 2.76. The molecular formula is C20H26N2O6. The first-order chi connectivity index (χ1) is 13.1. The van der Waals surface area contributed by atoms with E-state index < -0.39 is 23.6 Å². The van der Waals surface area contributed by atoms with Crippen molar-refractivity contribution in [3.63, 3.8) is 0 Å². The molecule has 0 atom stereocenters. The predicted octanol–water partition coefficient (Wildman–Crippen LogP) is 2.62. The summed E-state index contributed by atoms with van der Waals surface area (Å²) in [7, 11) is 2.44. The molecule has 1 N–H and O–H groups in total. The molecule has 0 spiro atoms. The van der Waals surface area contributed by atoms with Crippen molar-refractivity contribution >= 4 is 23.7 Å². The summed E-state index contributed by atoms with van der Waals surface area (Å²) in [6.45, 7) is 6.30. The number of carbonyl (C=O) groups is 3. The summed E-state index contributed by atoms with van der Waals surface area (Å²) in [6.07, 6.45) is 1.28. The van der Waals surface area contributed by atoms with Gasteiger partial charge in [0.15, 0.2) is 0 Å². The molecule has 1 aromatic rings. The van der Waals surface area contributed by atoms with E-state index in [9.17, 15) is 14.4 Å². The summed E-state index contributed by atoms with van der Waals surface area (Å²) in [5.74, 6) is -1.39. The van der Waals surface area contributed by atoms with Gasteiger partial charge >= 0.3 is 18.0 Å². The zero-order valence-corrected chi connectivity index (χ0v) is 16.8. The number of benzene rings is 1. The van der Waals surface area contributed by atoms with E-state index in [1.807, 2.05) is 32.9 Å². The van der Waals surface area contributed by atoms with Crippen molar-refractivity contribution in [2.24, 2.45) is 0 Å². The van der Waals surface area contributed by atoms with E-state index in [0.29, 0.717) is 25.2 Å². The van der Waals surface area contributed by atoms with Crippen LogP contribution in [0.25, 0.3) is 0 Å². The molecule has 0 radical (unpaired) electrons. The third-order valence-electron chi connectivity index (χ3n) is 4.06. The van der Waals surface area contributed by atoms with Gasteiger partial charge in [0.1, 0.15) is 11.3 Å². The molecule has 152 valence electrons. The van der Waals surface area contributed by atoms with Gasteiger partial charge < -0.3 is 24.4 Å². The zero-order valence-electron chi connectivity index (χ0n) is 16.8. The third kappa shape index (κ3) is 5.48. The number of carbonyl (C=O) groups excluding carboxylic acids is 3. The summed E-state index contributed by atoms with van der Waals surface area (Å²) in [5.41, 5.74) is 1.85. The fourth-order valence-electron chi connectivity index (χ4n) is 2.76. The van der Waals surface area contributed by atoms with E-state index in [1.54, 1.807) is 11.0 Å². The van der Waals surface area contributed by atoms with Crippen molar-refractivity contribution in [3.05, 3.63) is 41.1 Å². The van der Waals surface area contributed by atoms with Crippen LogP contribution >= 0.6 is 0 Å². The highest BCUT2D eigenvalue weighted by Gasteiger charge is 2.27. The Bertz CT molecular complexity index is 794. The molecule has 0 unspecified atom stereocenters. The number of hydrogen-bond donors (Lipinski definition) is 1. The molecule has 0 saturated carbocycles. The molecule has 0 aromatic heterocycles. The molecule has 0 fully saturated rings. The van der Waals surface area contributed by atoms with Crippen molar-refractivity contribution in [1.29, 1.82) is 0 Å². The maximum atomic E-state index is 12.4. The van der Waals surface area contributed by atoms with Crippen molar-refractivity contribution in [2.75, 3.05) is 26.1 Å². The highest BCUT2D eigenvalue weighted by atomic mass is 16.6. The van der Waals surface area contributed by atoms with Gasteiger partial charge in [0.05, 0.1) is 26.8 Å². The summed E-state index contributed by atoms with van der Waals surface area (Å²) in [6, 6.07) is 5.58. The van der Waals surface area contributed by atoms with Crippen LogP contribution in [0.1, 0.15) is 31.9 Å². The standard InChI is InChI=1S/C20H26N2O6/c1-20(2,3)28-19(25)22-10-9-13-7-6-8-15(14(13)12-22)21-16(18(24)27-5)11-17(23)26-4/h6-8,11,21H,9-10,12H2,1-5H3/b16-11+. The molecule has 1 heterocycles. The highest BCUT2D eigenvalue weighted by Crippen LogP contribution is 2.28. The van der Waals surface area contributed by atoms with Crippen LogP contribution in [-0.2, 0) is 36.8 Å². The molecule has 1 aliphatic rings. The van der Waals surface area contributed by atoms with Crippen LogP contribution in [-0.4, -0.2) is 49.3 Å². The molecule has 1 aliphatic heterocycles. The number of esters is 2. The smallest absolute Gasteiger partial charge is 0.410 e. The molecule has 0 aliphatic carbocycles. The maximum Gasteiger partial charge on any atom is 0.410 e. The van der Waals surface area contributed by atoms with Crippen molar-refractivity contribution in [3.8, 4) is 0 Å². The van der Waals surface area contributed by atoms with E-state index in [2.05, 4.69) is 10.1 Å². The Morgan fingerprint density at radius 1 is 1.14 bits per heavy atom. The Kier molecular flexibility index (Phi) is 6.66. The Morgan fingerprint density at radius 2 is 1.86 bits per heavy atom. The molecule has 1 amide bonds. The molecule has 8 nitrogen and oxygen atoms in total. The minimum absolute atomic E-state index is 0.0582. The normalized spacial score (nSPS) is 14.0. The van der Waals surface area contributed by atoms with Gasteiger partial charge in [0.25, 0.3) is 0 Å². The largest absolute Gasteiger partial charge is 0.466 e. The van der Waals surface area contributed by atoms with Gasteiger partial charge in [-0.2, -0.15) is 0 Å². The average molecular weight is 390 g/mol. The molecule has 8 heteroatoms. The second-order valence-corrected chi connectivity index (χ2v) is 7.29. The molecular weight excluding hydrogens is 364 g/mol. The number of anilines is 1. The first-order valence-electron chi connectivity index (χ1n) is 8.88. The minimum Gasteiger partial charge on any atom is -0.466 e. The van der Waals surface area contributed by atoms with Gasteiger partial charge in [0.2, 0.25) is 0 Å². The van der Waals surface area contributed by atoms with Crippen LogP contribution < -0.4 is 5.32 Å². The summed E-state index contributed by atoms with van der Waals surface area (Å²) >= 11 is 0. The predicted molar refractivity (Wildman–Crippen MR) is 103 cm³/mol. The van der Waals surface area contributed by atoms with Gasteiger partial charge in [-0.1, -0.05) is 12.1 Å². The lowest BCUT2D eigenvalue weighted by molar-refractivity contribution is -0.138. The van der Waals surface area contributed by atoms with Gasteiger partial charge in [-0.3, -0.25) is 0 Å². The van der Waals surface area contributed by atoms with Gasteiger partial charge in [-0.25, -0.2) is 14.4 Å². The van der Waals surface area contributed by atoms with Crippen LogP contribution in [0.3, 0.4) is 0 Å². The number of ether oxygens (including phenoxy) is 3. The van der Waals surface area contributed by atoms with Crippen LogP contribution in [0.15, 0.2) is 30.0 Å². The van der Waals surface area contributed by atoms with E-state index in [1.165, 1.54) is 14.2 Å². The molecule has 1 aromatic carbocycles. The lowest BCUT2D eigenvalue weighted by atomic mass is 9.98. The van der Waals surface area contributed by atoms with Gasteiger partial charge in [-0.05, 0) is 44.4 Å². The summed E-state index contributed by atoms with van der Waals surface area (Å²) in [5, 5.41) is 2.94. The minimum atomic E-state index is -0.706. The molecule has 0 saturated heterocycles. The maximum absolute atomic E-state index is 12.4. The van der Waals surface area contributed by atoms with Crippen molar-refractivity contribution < 1.29 is 28.6 Å². The van der Waals surface area contributed by atoms with Crippen LogP contribution in [0.4, 0.5) is 10.5 Å². The number of nitrogens with one attached hydrogen (secondary N) is 1. The van der Waals surface area contributed by atoms with Gasteiger partial charge in [0, 0.05) is 12.2 Å². The molecule has 28 heavy (non-hydrogen) atoms. The Balaban J connectivity index is 2.29. The number of nitrogens with zero attached hydrogens (tertiary/aromatic N) is 1. The number of fused-ring (bicyclic) bond motifs is 1. The van der Waals surface area contributed by atoms with E-state index in [-0.39, 0.29) is 5.70 Å². The second-order valence-electron chi connectivity index (χ2n) is 7.29. The SMILES string of the molecule is COC(=O)/C=C(/Nc1cccc2c1CN(C(=O)OC(C)(C)C)CC2)C(=O)OC. The first-order valence-corrected chi connectivity index (χ1v) is 8.88. The van der Waals surface area contributed by atoms with Crippen molar-refractivity contribution in [1.82, 2.24) is 4.90 Å². The van der Waals surface area contributed by atoms with E-state index >= 15 is 0 Å². The number of hydrogen-bond acceptors (Lipinski definition) is 7. The highest BCUT2D eigenvalue weighted by molar-refractivity contribution is 5.98. The quantitative estimate of drug-likeness (QED) is 0.480. The number of rotatable bonds is 4. The lowest BCUT2D eigenvalue weighted by Crippen LogP contribution is -2.40. The molecule has 2 rings (SSSR count). The topological polar surface area (TPSA) is 94.2 Å². The summed E-state index contributed by atoms with van der Waals surface area (Å²) in [4.78, 5) is 37.6. The zero-order chi connectivity index (χ0) is 20.9. The Morgan fingerprint density at radius 3 is 2.46 bits per heavy atom. The van der Waals surface area contributed by atoms with Crippen LogP contribution in [0.2, 0.25) is 0 Å². The van der Waals surface area contributed by atoms with Crippen LogP contribution in [0, 0.1) is 0 Å². The Labute approximate surface area is 164 Å². The lowest BCUT2D eigenvalue weighted by Gasteiger charge is -2.32. The fraction of sp³-hybridized carbons (Fsp3) is 0.450. The average Bonchev–Trinajstić information content (AvgIpc) is 2.65. The number of amides is 1. The summed E-state index contributed by atoms with van der Waals surface area (Å²) < 4.78 is 14.8. The van der Waals surface area contributed by atoms with Crippen LogP contribution in [0.5, 0.6) is 0 Å². The first kappa shape index (κ1) is 21.3. The number of methoxy groups -OCH3 is 2. The van der Waals surface area contributed by atoms with E-state index in [4.69, 9.17) is 9.47 Å².